The Morgan fingerprint density at radius 2 is 0.909 bits per heavy atom. The van der Waals surface area contributed by atoms with Crippen LogP contribution in [0.1, 0.15) is 50.2 Å². The molecule has 0 fully saturated rings. The second-order valence-electron chi connectivity index (χ2n) is 7.68. The first-order valence-electron chi connectivity index (χ1n) is 11.7. The minimum atomic E-state index is 0. The summed E-state index contributed by atoms with van der Waals surface area (Å²) in [6, 6.07) is 23.5. The molecular weight excluding hydrogens is 426 g/mol. The maximum absolute atomic E-state index is 4.76. The van der Waals surface area contributed by atoms with Crippen LogP contribution in [0.4, 0.5) is 11.4 Å². The number of nitrogens with zero attached hydrogens (tertiary/aromatic N) is 3. The smallest absolute Gasteiger partial charge is 0.0637 e. The van der Waals surface area contributed by atoms with Gasteiger partial charge in [0.2, 0.25) is 0 Å². The molecule has 2 aromatic carbocycles. The highest BCUT2D eigenvalue weighted by atomic mass is 35.5. The summed E-state index contributed by atoms with van der Waals surface area (Å²) >= 11 is 0. The highest BCUT2D eigenvalue weighted by Gasteiger charge is 2.01. The molecule has 3 aromatic rings. The fraction of sp³-hybridized carbons (Fsp3) is 0.276. The van der Waals surface area contributed by atoms with Gasteiger partial charge in [-0.1, -0.05) is 42.5 Å². The lowest BCUT2D eigenvalue weighted by molar-refractivity contribution is 0.866. The summed E-state index contributed by atoms with van der Waals surface area (Å²) in [5.41, 5.74) is 6.80. The monoisotopic (exact) mass is 461 g/mol. The fourth-order valence-corrected chi connectivity index (χ4v) is 3.79. The van der Waals surface area contributed by atoms with Crippen LogP contribution >= 0.6 is 12.4 Å². The van der Waals surface area contributed by atoms with Crippen molar-refractivity contribution in [3.05, 3.63) is 89.2 Å². The van der Waals surface area contributed by atoms with Crippen LogP contribution in [0.25, 0.3) is 24.3 Å². The molecule has 3 nitrogen and oxygen atoms in total. The van der Waals surface area contributed by atoms with E-state index in [1.54, 1.807) is 0 Å². The van der Waals surface area contributed by atoms with Crippen LogP contribution in [0.3, 0.4) is 0 Å². The molecule has 4 heteroatoms. The van der Waals surface area contributed by atoms with Crippen LogP contribution in [0, 0.1) is 0 Å². The summed E-state index contributed by atoms with van der Waals surface area (Å²) in [7, 11) is 0. The van der Waals surface area contributed by atoms with Crippen LogP contribution in [-0.4, -0.2) is 31.2 Å². The van der Waals surface area contributed by atoms with Crippen molar-refractivity contribution >= 4 is 48.1 Å². The molecule has 0 amide bonds. The number of rotatable bonds is 10. The molecule has 0 saturated carbocycles. The van der Waals surface area contributed by atoms with Gasteiger partial charge in [-0.25, -0.2) is 4.98 Å². The Kier molecular flexibility index (Phi) is 10.7. The quantitative estimate of drug-likeness (QED) is 0.311. The topological polar surface area (TPSA) is 19.4 Å². The summed E-state index contributed by atoms with van der Waals surface area (Å²) in [5.74, 6) is 0. The van der Waals surface area contributed by atoms with Crippen molar-refractivity contribution in [2.45, 2.75) is 27.7 Å². The molecule has 0 bridgehead atoms. The first kappa shape index (κ1) is 26.2. The summed E-state index contributed by atoms with van der Waals surface area (Å²) < 4.78 is 0. The highest BCUT2D eigenvalue weighted by Crippen LogP contribution is 2.18. The summed E-state index contributed by atoms with van der Waals surface area (Å²) in [5, 5.41) is 0. The zero-order chi connectivity index (χ0) is 22.8. The lowest BCUT2D eigenvalue weighted by Gasteiger charge is -2.20. The zero-order valence-electron chi connectivity index (χ0n) is 20.2. The minimum absolute atomic E-state index is 0. The maximum Gasteiger partial charge on any atom is 0.0637 e. The Morgan fingerprint density at radius 1 is 0.545 bits per heavy atom. The Morgan fingerprint density at radius 3 is 1.24 bits per heavy atom. The number of halogens is 1. The van der Waals surface area contributed by atoms with Crippen LogP contribution in [-0.2, 0) is 0 Å². The van der Waals surface area contributed by atoms with E-state index in [-0.39, 0.29) is 12.4 Å². The molecule has 0 unspecified atom stereocenters. The van der Waals surface area contributed by atoms with Gasteiger partial charge < -0.3 is 9.80 Å². The number of aromatic nitrogens is 1. The number of hydrogen-bond donors (Lipinski definition) is 0. The number of hydrogen-bond acceptors (Lipinski definition) is 3. The van der Waals surface area contributed by atoms with E-state index in [0.29, 0.717) is 0 Å². The van der Waals surface area contributed by atoms with Gasteiger partial charge in [0, 0.05) is 37.6 Å². The standard InChI is InChI=1S/C29H35N3.ClH/c1-5-31(6-2)28-20-14-24(15-21-28)12-18-26-10-9-11-27(30-26)19-13-25-16-22-29(23-17-25)32(7-3)8-4;/h9-23H,5-8H2,1-4H3;1H. The van der Waals surface area contributed by atoms with Gasteiger partial charge in [-0.15, -0.1) is 12.4 Å². The molecule has 0 saturated heterocycles. The minimum Gasteiger partial charge on any atom is -0.372 e. The second kappa shape index (κ2) is 13.5. The lowest BCUT2D eigenvalue weighted by Crippen LogP contribution is -2.21. The van der Waals surface area contributed by atoms with E-state index >= 15 is 0 Å². The largest absolute Gasteiger partial charge is 0.372 e. The van der Waals surface area contributed by atoms with Gasteiger partial charge in [-0.3, -0.25) is 0 Å². The van der Waals surface area contributed by atoms with Crippen LogP contribution in [0.5, 0.6) is 0 Å². The molecule has 174 valence electrons. The van der Waals surface area contributed by atoms with Crippen LogP contribution in [0.2, 0.25) is 0 Å². The number of benzene rings is 2. The van der Waals surface area contributed by atoms with Crippen molar-refractivity contribution in [2.75, 3.05) is 36.0 Å². The molecule has 1 heterocycles. The van der Waals surface area contributed by atoms with Gasteiger partial charge in [0.1, 0.15) is 0 Å². The molecule has 0 radical (unpaired) electrons. The van der Waals surface area contributed by atoms with E-state index in [0.717, 1.165) is 37.6 Å². The summed E-state index contributed by atoms with van der Waals surface area (Å²) in [4.78, 5) is 9.46. The van der Waals surface area contributed by atoms with E-state index in [1.165, 1.54) is 22.5 Å². The maximum atomic E-state index is 4.76. The summed E-state index contributed by atoms with van der Waals surface area (Å²) in [6.07, 6.45) is 8.38. The van der Waals surface area contributed by atoms with Crippen molar-refractivity contribution in [3.63, 3.8) is 0 Å². The normalized spacial score (nSPS) is 11.0. The summed E-state index contributed by atoms with van der Waals surface area (Å²) in [6.45, 7) is 12.8. The van der Waals surface area contributed by atoms with Crippen LogP contribution in [0.15, 0.2) is 66.7 Å². The Hall–Kier alpha value is -3.04. The van der Waals surface area contributed by atoms with Gasteiger partial charge in [-0.05, 0) is 87.4 Å². The zero-order valence-corrected chi connectivity index (χ0v) is 21.1. The van der Waals surface area contributed by atoms with Gasteiger partial charge in [0.25, 0.3) is 0 Å². The van der Waals surface area contributed by atoms with Gasteiger partial charge in [0.05, 0.1) is 11.4 Å². The molecule has 1 aromatic heterocycles. The molecule has 0 N–H and O–H groups in total. The van der Waals surface area contributed by atoms with Crippen molar-refractivity contribution in [1.29, 1.82) is 0 Å². The number of pyridine rings is 1. The average molecular weight is 462 g/mol. The van der Waals surface area contributed by atoms with E-state index in [2.05, 4.69) is 116 Å². The van der Waals surface area contributed by atoms with Gasteiger partial charge >= 0.3 is 0 Å². The Balaban J connectivity index is 0.00000385. The first-order chi connectivity index (χ1) is 15.7. The van der Waals surface area contributed by atoms with Crippen molar-refractivity contribution < 1.29 is 0 Å². The third-order valence-corrected chi connectivity index (χ3v) is 5.73. The fourth-order valence-electron chi connectivity index (χ4n) is 3.79. The second-order valence-corrected chi connectivity index (χ2v) is 7.68. The van der Waals surface area contributed by atoms with Gasteiger partial charge in [0.15, 0.2) is 0 Å². The third-order valence-electron chi connectivity index (χ3n) is 5.73. The molecule has 33 heavy (non-hydrogen) atoms. The SMILES string of the molecule is CCN(CC)c1ccc(C=Cc2cccc(C=Cc3ccc(N(CC)CC)cc3)n2)cc1.Cl. The lowest BCUT2D eigenvalue weighted by atomic mass is 10.1. The van der Waals surface area contributed by atoms with E-state index in [9.17, 15) is 0 Å². The molecule has 0 aliphatic carbocycles. The van der Waals surface area contributed by atoms with Crippen LogP contribution < -0.4 is 9.80 Å². The molecular formula is C29H36ClN3. The predicted octanol–water partition coefficient (Wildman–Crippen LogP) is 7.54. The molecule has 0 aliphatic rings. The molecule has 3 rings (SSSR count). The van der Waals surface area contributed by atoms with Crippen molar-refractivity contribution in [1.82, 2.24) is 4.98 Å². The average Bonchev–Trinajstić information content (AvgIpc) is 2.85. The van der Waals surface area contributed by atoms with E-state index in [1.807, 2.05) is 12.1 Å². The molecule has 0 atom stereocenters. The Labute approximate surface area is 205 Å². The van der Waals surface area contributed by atoms with Gasteiger partial charge in [-0.2, -0.15) is 0 Å². The van der Waals surface area contributed by atoms with E-state index in [4.69, 9.17) is 4.98 Å². The highest BCUT2D eigenvalue weighted by molar-refractivity contribution is 5.85. The van der Waals surface area contributed by atoms with Crippen molar-refractivity contribution in [2.24, 2.45) is 0 Å². The predicted molar refractivity (Wildman–Crippen MR) is 149 cm³/mol. The Bertz CT molecular complexity index is 935. The molecule has 0 spiro atoms. The molecule has 0 aliphatic heterocycles. The van der Waals surface area contributed by atoms with E-state index < -0.39 is 0 Å². The number of anilines is 2. The third kappa shape index (κ3) is 7.50. The van der Waals surface area contributed by atoms with Crippen molar-refractivity contribution in [3.8, 4) is 0 Å². The first-order valence-corrected chi connectivity index (χ1v) is 11.7.